The topological polar surface area (TPSA) is 63.6 Å². The zero-order valence-corrected chi connectivity index (χ0v) is 13.0. The number of carbonyl (C=O) groups excluding carboxylic acids is 1. The van der Waals surface area contributed by atoms with Crippen LogP contribution in [0.3, 0.4) is 0 Å². The SMILES string of the molecule is CCOC(=O)Cc1csc(NN=CC=Cc2ccccc2)n1. The lowest BCUT2D eigenvalue weighted by Gasteiger charge is -1.97. The minimum absolute atomic E-state index is 0.184. The van der Waals surface area contributed by atoms with E-state index in [1.807, 2.05) is 47.9 Å². The van der Waals surface area contributed by atoms with Crippen molar-refractivity contribution in [1.29, 1.82) is 0 Å². The number of nitrogens with zero attached hydrogens (tertiary/aromatic N) is 2. The van der Waals surface area contributed by atoms with Crippen LogP contribution in [0.2, 0.25) is 0 Å². The predicted octanol–water partition coefficient (Wildman–Crippen LogP) is 3.36. The van der Waals surface area contributed by atoms with E-state index >= 15 is 0 Å². The van der Waals surface area contributed by atoms with Crippen LogP contribution in [0.15, 0.2) is 46.9 Å². The lowest BCUT2D eigenvalue weighted by Crippen LogP contribution is -2.07. The summed E-state index contributed by atoms with van der Waals surface area (Å²) in [6.45, 7) is 2.16. The number of thiazole rings is 1. The number of aromatic nitrogens is 1. The van der Waals surface area contributed by atoms with Crippen molar-refractivity contribution in [3.63, 3.8) is 0 Å². The molecular weight excluding hydrogens is 298 g/mol. The fraction of sp³-hybridized carbons (Fsp3) is 0.188. The third kappa shape index (κ3) is 5.49. The molecule has 114 valence electrons. The first-order chi connectivity index (χ1) is 10.8. The number of rotatable bonds is 7. The van der Waals surface area contributed by atoms with Gasteiger partial charge in [0.15, 0.2) is 0 Å². The fourth-order valence-electron chi connectivity index (χ4n) is 1.65. The summed E-state index contributed by atoms with van der Waals surface area (Å²) in [6.07, 6.45) is 5.64. The quantitative estimate of drug-likeness (QED) is 0.483. The first-order valence-corrected chi connectivity index (χ1v) is 7.76. The van der Waals surface area contributed by atoms with E-state index in [0.717, 1.165) is 5.56 Å². The molecule has 0 saturated carbocycles. The summed E-state index contributed by atoms with van der Waals surface area (Å²) in [7, 11) is 0. The molecule has 1 N–H and O–H groups in total. The van der Waals surface area contributed by atoms with Crippen LogP contribution in [0.1, 0.15) is 18.2 Å². The van der Waals surface area contributed by atoms with Gasteiger partial charge < -0.3 is 4.74 Å². The normalized spacial score (nSPS) is 11.1. The summed E-state index contributed by atoms with van der Waals surface area (Å²) in [5, 5.41) is 6.51. The highest BCUT2D eigenvalue weighted by Crippen LogP contribution is 2.15. The van der Waals surface area contributed by atoms with Gasteiger partial charge in [-0.25, -0.2) is 4.98 Å². The summed E-state index contributed by atoms with van der Waals surface area (Å²) < 4.78 is 4.88. The monoisotopic (exact) mass is 315 g/mol. The molecule has 0 amide bonds. The summed E-state index contributed by atoms with van der Waals surface area (Å²) >= 11 is 1.40. The maximum atomic E-state index is 11.3. The molecule has 0 aliphatic carbocycles. The fourth-order valence-corrected chi connectivity index (χ4v) is 2.31. The first kappa shape index (κ1) is 15.9. The van der Waals surface area contributed by atoms with Gasteiger partial charge in [0.2, 0.25) is 5.13 Å². The molecule has 2 aromatic rings. The van der Waals surface area contributed by atoms with Gasteiger partial charge in [0, 0.05) is 11.6 Å². The number of esters is 1. The maximum absolute atomic E-state index is 11.3. The minimum Gasteiger partial charge on any atom is -0.466 e. The Morgan fingerprint density at radius 1 is 1.41 bits per heavy atom. The third-order valence-electron chi connectivity index (χ3n) is 2.59. The number of hydrazone groups is 1. The van der Waals surface area contributed by atoms with Crippen LogP contribution < -0.4 is 5.43 Å². The third-order valence-corrected chi connectivity index (χ3v) is 3.39. The molecule has 1 aromatic carbocycles. The van der Waals surface area contributed by atoms with E-state index < -0.39 is 0 Å². The Labute approximate surface area is 133 Å². The highest BCUT2D eigenvalue weighted by atomic mass is 32.1. The van der Waals surface area contributed by atoms with Crippen LogP contribution in [0.4, 0.5) is 5.13 Å². The maximum Gasteiger partial charge on any atom is 0.311 e. The Balaban J connectivity index is 1.79. The van der Waals surface area contributed by atoms with Crippen LogP contribution in [0, 0.1) is 0 Å². The van der Waals surface area contributed by atoms with E-state index in [4.69, 9.17) is 4.74 Å². The molecule has 1 aromatic heterocycles. The number of ether oxygens (including phenoxy) is 1. The highest BCUT2D eigenvalue weighted by Gasteiger charge is 2.07. The van der Waals surface area contributed by atoms with Crippen molar-refractivity contribution >= 4 is 34.7 Å². The summed E-state index contributed by atoms with van der Waals surface area (Å²) in [6, 6.07) is 9.97. The molecule has 0 radical (unpaired) electrons. The molecule has 0 bridgehead atoms. The Bertz CT molecular complexity index is 650. The van der Waals surface area contributed by atoms with Gasteiger partial charge >= 0.3 is 5.97 Å². The van der Waals surface area contributed by atoms with Crippen molar-refractivity contribution in [3.05, 3.63) is 53.0 Å². The lowest BCUT2D eigenvalue weighted by atomic mass is 10.2. The van der Waals surface area contributed by atoms with Gasteiger partial charge in [0.05, 0.1) is 18.7 Å². The number of carbonyl (C=O) groups is 1. The molecule has 1 heterocycles. The van der Waals surface area contributed by atoms with E-state index in [2.05, 4.69) is 15.5 Å². The number of allylic oxidation sites excluding steroid dienone is 1. The number of hydrogen-bond acceptors (Lipinski definition) is 6. The van der Waals surface area contributed by atoms with Crippen LogP contribution in [-0.4, -0.2) is 23.8 Å². The smallest absolute Gasteiger partial charge is 0.311 e. The van der Waals surface area contributed by atoms with Gasteiger partial charge in [-0.15, -0.1) is 11.3 Å². The zero-order valence-electron chi connectivity index (χ0n) is 12.2. The van der Waals surface area contributed by atoms with Crippen molar-refractivity contribution in [1.82, 2.24) is 4.98 Å². The molecule has 5 nitrogen and oxygen atoms in total. The standard InChI is InChI=1S/C16H17N3O2S/c1-2-21-15(20)11-14-12-22-16(18-14)19-17-10-6-9-13-7-4-3-5-8-13/h3-10,12H,2,11H2,1H3,(H,18,19). The van der Waals surface area contributed by atoms with E-state index in [9.17, 15) is 4.79 Å². The van der Waals surface area contributed by atoms with Crippen LogP contribution in [0.25, 0.3) is 6.08 Å². The molecule has 0 aliphatic heterocycles. The van der Waals surface area contributed by atoms with E-state index in [0.29, 0.717) is 17.4 Å². The van der Waals surface area contributed by atoms with Crippen molar-refractivity contribution in [2.24, 2.45) is 5.10 Å². The second kappa shape index (κ2) is 8.74. The zero-order chi connectivity index (χ0) is 15.6. The van der Waals surface area contributed by atoms with Crippen molar-refractivity contribution < 1.29 is 9.53 Å². The molecule has 0 saturated heterocycles. The highest BCUT2D eigenvalue weighted by molar-refractivity contribution is 7.13. The van der Waals surface area contributed by atoms with Gasteiger partial charge in [-0.3, -0.25) is 10.2 Å². The minimum atomic E-state index is -0.270. The number of nitrogens with one attached hydrogen (secondary N) is 1. The first-order valence-electron chi connectivity index (χ1n) is 6.88. The average molecular weight is 315 g/mol. The van der Waals surface area contributed by atoms with Crippen LogP contribution in [-0.2, 0) is 16.0 Å². The molecule has 2 rings (SSSR count). The Hall–Kier alpha value is -2.47. The number of anilines is 1. The molecule has 0 fully saturated rings. The van der Waals surface area contributed by atoms with Crippen molar-refractivity contribution in [2.75, 3.05) is 12.0 Å². The molecule has 0 spiro atoms. The molecule has 0 aliphatic rings. The van der Waals surface area contributed by atoms with Crippen LogP contribution in [0.5, 0.6) is 0 Å². The molecule has 22 heavy (non-hydrogen) atoms. The van der Waals surface area contributed by atoms with Crippen molar-refractivity contribution in [2.45, 2.75) is 13.3 Å². The second-order valence-electron chi connectivity index (χ2n) is 4.29. The molecule has 0 atom stereocenters. The summed E-state index contributed by atoms with van der Waals surface area (Å²) in [4.78, 5) is 15.6. The summed E-state index contributed by atoms with van der Waals surface area (Å²) in [5.41, 5.74) is 4.62. The van der Waals surface area contributed by atoms with Crippen molar-refractivity contribution in [3.8, 4) is 0 Å². The summed E-state index contributed by atoms with van der Waals surface area (Å²) in [5.74, 6) is -0.270. The van der Waals surface area contributed by atoms with E-state index in [1.165, 1.54) is 11.3 Å². The van der Waals surface area contributed by atoms with E-state index in [-0.39, 0.29) is 12.4 Å². The van der Waals surface area contributed by atoms with Gasteiger partial charge in [-0.05, 0) is 18.6 Å². The second-order valence-corrected chi connectivity index (χ2v) is 5.14. The Morgan fingerprint density at radius 2 is 2.23 bits per heavy atom. The van der Waals surface area contributed by atoms with Gasteiger partial charge in [0.1, 0.15) is 0 Å². The number of benzene rings is 1. The van der Waals surface area contributed by atoms with Gasteiger partial charge in [-0.1, -0.05) is 36.4 Å². The predicted molar refractivity (Wildman–Crippen MR) is 90.0 cm³/mol. The largest absolute Gasteiger partial charge is 0.466 e. The van der Waals surface area contributed by atoms with Gasteiger partial charge in [0.25, 0.3) is 0 Å². The Morgan fingerprint density at radius 3 is 3.00 bits per heavy atom. The van der Waals surface area contributed by atoms with Crippen LogP contribution >= 0.6 is 11.3 Å². The van der Waals surface area contributed by atoms with E-state index in [1.54, 1.807) is 13.1 Å². The Kier molecular flexibility index (Phi) is 6.32. The average Bonchev–Trinajstić information content (AvgIpc) is 2.95. The molecule has 0 unspecified atom stereocenters. The lowest BCUT2D eigenvalue weighted by molar-refractivity contribution is -0.142. The molecular formula is C16H17N3O2S. The van der Waals surface area contributed by atoms with Gasteiger partial charge in [-0.2, -0.15) is 5.10 Å². The molecule has 6 heteroatoms. The number of hydrogen-bond donors (Lipinski definition) is 1.